The number of carbonyl (C=O) groups excluding carboxylic acids is 2. The van der Waals surface area contributed by atoms with Gasteiger partial charge in [0, 0.05) is 12.8 Å². The standard InChI is InChI=1S/C57H111NO5/c1-3-5-7-9-11-13-15-17-18-19-20-21-22-23-24-25-26-27-29-33-37-41-45-49-55(60)54(53-59)58-56(61)50-46-42-38-34-30-28-32-36-40-44-48-52-63-57(62)51-47-43-39-35-31-16-14-12-10-8-6-4-2/h32,36,54-55,59-60H,3-31,33-35,37-53H2,1-2H3,(H,58,61)/b36-32-. The maximum absolute atomic E-state index is 12.5. The molecule has 2 atom stereocenters. The van der Waals surface area contributed by atoms with Crippen molar-refractivity contribution >= 4 is 11.9 Å². The van der Waals surface area contributed by atoms with Gasteiger partial charge in [-0.2, -0.15) is 0 Å². The number of hydrogen-bond acceptors (Lipinski definition) is 5. The molecule has 0 rings (SSSR count). The number of nitrogens with one attached hydrogen (secondary N) is 1. The van der Waals surface area contributed by atoms with Gasteiger partial charge >= 0.3 is 5.97 Å². The Morgan fingerprint density at radius 3 is 1.13 bits per heavy atom. The molecule has 0 radical (unpaired) electrons. The van der Waals surface area contributed by atoms with Crippen molar-refractivity contribution in [1.82, 2.24) is 5.32 Å². The average Bonchev–Trinajstić information content (AvgIpc) is 3.28. The largest absolute Gasteiger partial charge is 0.466 e. The Kier molecular flexibility index (Phi) is 52.0. The van der Waals surface area contributed by atoms with Crippen LogP contribution in [0, 0.1) is 0 Å². The topological polar surface area (TPSA) is 95.9 Å². The number of aliphatic hydroxyl groups excluding tert-OH is 2. The minimum atomic E-state index is -0.682. The Balaban J connectivity index is 3.49. The lowest BCUT2D eigenvalue weighted by atomic mass is 10.0. The van der Waals surface area contributed by atoms with Crippen molar-refractivity contribution in [3.63, 3.8) is 0 Å². The number of carbonyl (C=O) groups is 2. The Hall–Kier alpha value is -1.40. The van der Waals surface area contributed by atoms with E-state index in [-0.39, 0.29) is 18.5 Å². The van der Waals surface area contributed by atoms with Crippen LogP contribution in [0.3, 0.4) is 0 Å². The predicted molar refractivity (Wildman–Crippen MR) is 273 cm³/mol. The summed E-state index contributed by atoms with van der Waals surface area (Å²) in [7, 11) is 0. The highest BCUT2D eigenvalue weighted by atomic mass is 16.5. The lowest BCUT2D eigenvalue weighted by Gasteiger charge is -2.22. The second kappa shape index (κ2) is 53.2. The van der Waals surface area contributed by atoms with Crippen molar-refractivity contribution in [2.45, 2.75) is 328 Å². The van der Waals surface area contributed by atoms with Crippen molar-refractivity contribution in [1.29, 1.82) is 0 Å². The van der Waals surface area contributed by atoms with Gasteiger partial charge in [-0.05, 0) is 51.4 Å². The van der Waals surface area contributed by atoms with E-state index < -0.39 is 12.1 Å². The highest BCUT2D eigenvalue weighted by molar-refractivity contribution is 5.76. The summed E-state index contributed by atoms with van der Waals surface area (Å²) in [5, 5.41) is 23.3. The molecule has 0 aromatic heterocycles. The zero-order chi connectivity index (χ0) is 45.8. The Morgan fingerprint density at radius 1 is 0.429 bits per heavy atom. The van der Waals surface area contributed by atoms with Crippen LogP contribution < -0.4 is 5.32 Å². The van der Waals surface area contributed by atoms with Crippen LogP contribution in [0.1, 0.15) is 316 Å². The fraction of sp³-hybridized carbons (Fsp3) is 0.930. The lowest BCUT2D eigenvalue weighted by molar-refractivity contribution is -0.143. The molecule has 3 N–H and O–H groups in total. The number of ether oxygens (including phenoxy) is 1. The minimum absolute atomic E-state index is 0.0295. The van der Waals surface area contributed by atoms with Gasteiger partial charge in [0.2, 0.25) is 5.91 Å². The molecule has 0 aromatic rings. The molecule has 1 amide bonds. The van der Waals surface area contributed by atoms with Crippen LogP contribution in [0.2, 0.25) is 0 Å². The summed E-state index contributed by atoms with van der Waals surface area (Å²) in [6.45, 7) is 4.89. The van der Waals surface area contributed by atoms with E-state index in [1.54, 1.807) is 0 Å². The maximum atomic E-state index is 12.5. The van der Waals surface area contributed by atoms with E-state index >= 15 is 0 Å². The van der Waals surface area contributed by atoms with E-state index in [4.69, 9.17) is 4.74 Å². The summed E-state index contributed by atoms with van der Waals surface area (Å²) in [6, 6.07) is -0.562. The average molecular weight is 891 g/mol. The first-order valence-electron chi connectivity index (χ1n) is 28.4. The van der Waals surface area contributed by atoms with Crippen molar-refractivity contribution in [3.8, 4) is 0 Å². The SMILES string of the molecule is CCCCCCCCCCCCCCCCCCCCCCCCCC(O)C(CO)NC(=O)CCCCCCC/C=C\CCCCOC(=O)CCCCCCCCCCCCCC. The van der Waals surface area contributed by atoms with Gasteiger partial charge in [-0.15, -0.1) is 0 Å². The van der Waals surface area contributed by atoms with Crippen molar-refractivity contribution in [2.75, 3.05) is 13.2 Å². The fourth-order valence-electron chi connectivity index (χ4n) is 8.93. The summed E-state index contributed by atoms with van der Waals surface area (Å²) >= 11 is 0. The van der Waals surface area contributed by atoms with E-state index in [0.29, 0.717) is 25.9 Å². The van der Waals surface area contributed by atoms with Gasteiger partial charge in [-0.1, -0.05) is 264 Å². The molecule has 0 aliphatic rings. The fourth-order valence-corrected chi connectivity index (χ4v) is 8.93. The highest BCUT2D eigenvalue weighted by Crippen LogP contribution is 2.17. The first-order chi connectivity index (χ1) is 31.0. The Labute approximate surface area is 393 Å². The van der Waals surface area contributed by atoms with Crippen LogP contribution in [-0.2, 0) is 14.3 Å². The first kappa shape index (κ1) is 61.6. The molecule has 0 fully saturated rings. The third-order valence-corrected chi connectivity index (χ3v) is 13.3. The third kappa shape index (κ3) is 49.9. The van der Waals surface area contributed by atoms with E-state index in [0.717, 1.165) is 77.0 Å². The number of allylic oxidation sites excluding steroid dienone is 2. The monoisotopic (exact) mass is 890 g/mol. The molecule has 0 aliphatic carbocycles. The Bertz CT molecular complexity index is 939. The molecule has 0 saturated carbocycles. The van der Waals surface area contributed by atoms with Crippen LogP contribution in [0.5, 0.6) is 0 Å². The van der Waals surface area contributed by atoms with E-state index in [1.807, 2.05) is 0 Å². The molecule has 63 heavy (non-hydrogen) atoms. The molecule has 0 heterocycles. The van der Waals surface area contributed by atoms with Crippen molar-refractivity contribution in [2.24, 2.45) is 0 Å². The van der Waals surface area contributed by atoms with Crippen molar-refractivity contribution < 1.29 is 24.5 Å². The van der Waals surface area contributed by atoms with Crippen LogP contribution in [0.15, 0.2) is 12.2 Å². The van der Waals surface area contributed by atoms with Crippen LogP contribution in [0.4, 0.5) is 0 Å². The van der Waals surface area contributed by atoms with Gasteiger partial charge in [-0.3, -0.25) is 9.59 Å². The predicted octanol–water partition coefficient (Wildman–Crippen LogP) is 17.3. The molecule has 374 valence electrons. The summed E-state index contributed by atoms with van der Waals surface area (Å²) in [4.78, 5) is 24.5. The van der Waals surface area contributed by atoms with E-state index in [1.165, 1.54) is 205 Å². The number of rotatable bonds is 53. The van der Waals surface area contributed by atoms with Gasteiger partial charge in [0.05, 0.1) is 25.4 Å². The molecule has 0 spiro atoms. The molecule has 0 aromatic carbocycles. The first-order valence-corrected chi connectivity index (χ1v) is 28.4. The summed E-state index contributed by atoms with van der Waals surface area (Å²) in [5.41, 5.74) is 0. The number of unbranched alkanes of at least 4 members (excludes halogenated alkanes) is 40. The quantitative estimate of drug-likeness (QED) is 0.0321. The lowest BCUT2D eigenvalue weighted by Crippen LogP contribution is -2.45. The molecule has 0 bridgehead atoms. The molecule has 0 saturated heterocycles. The van der Waals surface area contributed by atoms with E-state index in [2.05, 4.69) is 31.3 Å². The summed E-state index contributed by atoms with van der Waals surface area (Å²) in [6.07, 6.45) is 62.0. The summed E-state index contributed by atoms with van der Waals surface area (Å²) < 4.78 is 5.43. The number of aliphatic hydroxyl groups is 2. The van der Waals surface area contributed by atoms with Crippen LogP contribution >= 0.6 is 0 Å². The molecular weight excluding hydrogens is 779 g/mol. The number of amides is 1. The molecule has 6 heteroatoms. The highest BCUT2D eigenvalue weighted by Gasteiger charge is 2.20. The molecular formula is C57H111NO5. The van der Waals surface area contributed by atoms with Gasteiger partial charge in [0.25, 0.3) is 0 Å². The number of hydrogen-bond donors (Lipinski definition) is 3. The Morgan fingerprint density at radius 2 is 0.746 bits per heavy atom. The zero-order valence-electron chi connectivity index (χ0n) is 42.6. The van der Waals surface area contributed by atoms with Gasteiger partial charge in [-0.25, -0.2) is 0 Å². The normalized spacial score (nSPS) is 12.6. The second-order valence-corrected chi connectivity index (χ2v) is 19.6. The van der Waals surface area contributed by atoms with Crippen LogP contribution in [0.25, 0.3) is 0 Å². The summed E-state index contributed by atoms with van der Waals surface area (Å²) in [5.74, 6) is -0.0899. The van der Waals surface area contributed by atoms with Gasteiger partial charge < -0.3 is 20.3 Å². The van der Waals surface area contributed by atoms with Crippen LogP contribution in [-0.4, -0.2) is 47.4 Å². The zero-order valence-corrected chi connectivity index (χ0v) is 42.6. The molecule has 6 nitrogen and oxygen atoms in total. The number of esters is 1. The van der Waals surface area contributed by atoms with Crippen molar-refractivity contribution in [3.05, 3.63) is 12.2 Å². The molecule has 0 aliphatic heterocycles. The maximum Gasteiger partial charge on any atom is 0.305 e. The smallest absolute Gasteiger partial charge is 0.305 e. The second-order valence-electron chi connectivity index (χ2n) is 19.6. The van der Waals surface area contributed by atoms with Gasteiger partial charge in [0.1, 0.15) is 0 Å². The minimum Gasteiger partial charge on any atom is -0.466 e. The molecule has 2 unspecified atom stereocenters. The van der Waals surface area contributed by atoms with Gasteiger partial charge in [0.15, 0.2) is 0 Å². The third-order valence-electron chi connectivity index (χ3n) is 13.3. The van der Waals surface area contributed by atoms with E-state index in [9.17, 15) is 19.8 Å².